The van der Waals surface area contributed by atoms with Crippen LogP contribution >= 0.6 is 0 Å². The molecular formula is C21H17NO4S. The molecule has 4 aromatic rings. The zero-order chi connectivity index (χ0) is 19.2. The Morgan fingerprint density at radius 2 is 1.56 bits per heavy atom. The Labute approximate surface area is 156 Å². The summed E-state index contributed by atoms with van der Waals surface area (Å²) < 4.78 is 34.1. The predicted octanol–water partition coefficient (Wildman–Crippen LogP) is 4.90. The van der Waals surface area contributed by atoms with Gasteiger partial charge in [0.15, 0.2) is 5.78 Å². The number of hydrogen-bond acceptors (Lipinski definition) is 4. The van der Waals surface area contributed by atoms with Crippen molar-refractivity contribution < 1.29 is 17.6 Å². The van der Waals surface area contributed by atoms with E-state index in [-0.39, 0.29) is 10.7 Å². The number of benzene rings is 3. The van der Waals surface area contributed by atoms with E-state index >= 15 is 0 Å². The Balaban J connectivity index is 1.99. The third-order valence-electron chi connectivity index (χ3n) is 4.52. The summed E-state index contributed by atoms with van der Waals surface area (Å²) in [6.45, 7) is 3.21. The number of carbonyl (C=O) groups is 1. The van der Waals surface area contributed by atoms with Crippen LogP contribution in [0, 0.1) is 6.92 Å². The largest absolute Gasteiger partial charge is 0.460 e. The molecule has 0 amide bonds. The van der Waals surface area contributed by atoms with Gasteiger partial charge in [-0.05, 0) is 32.0 Å². The molecule has 0 aliphatic carbocycles. The highest BCUT2D eigenvalue weighted by atomic mass is 32.2. The summed E-state index contributed by atoms with van der Waals surface area (Å²) in [4.78, 5) is 12.3. The SMILES string of the molecule is CC(=O)c1c(C)oc2c1cc(NS(=O)(=O)c1ccccc1)c1ccccc12. The van der Waals surface area contributed by atoms with Gasteiger partial charge < -0.3 is 4.42 Å². The van der Waals surface area contributed by atoms with Crippen molar-refractivity contribution in [3.05, 3.63) is 72.0 Å². The van der Waals surface area contributed by atoms with Crippen molar-refractivity contribution in [1.82, 2.24) is 0 Å². The zero-order valence-corrected chi connectivity index (χ0v) is 15.6. The lowest BCUT2D eigenvalue weighted by molar-refractivity contribution is 0.101. The maximum Gasteiger partial charge on any atom is 0.261 e. The minimum Gasteiger partial charge on any atom is -0.460 e. The van der Waals surface area contributed by atoms with Gasteiger partial charge in [-0.2, -0.15) is 0 Å². The van der Waals surface area contributed by atoms with Crippen LogP contribution in [0.1, 0.15) is 23.0 Å². The van der Waals surface area contributed by atoms with Gasteiger partial charge in [-0.15, -0.1) is 0 Å². The Kier molecular flexibility index (Phi) is 4.00. The average Bonchev–Trinajstić information content (AvgIpc) is 2.98. The number of hydrogen-bond donors (Lipinski definition) is 1. The number of furan rings is 1. The lowest BCUT2D eigenvalue weighted by atomic mass is 10.0. The molecule has 27 heavy (non-hydrogen) atoms. The summed E-state index contributed by atoms with van der Waals surface area (Å²) in [6, 6.07) is 17.2. The Bertz CT molecular complexity index is 1290. The first-order valence-electron chi connectivity index (χ1n) is 8.42. The fourth-order valence-corrected chi connectivity index (χ4v) is 4.46. The first-order chi connectivity index (χ1) is 12.9. The third kappa shape index (κ3) is 2.88. The molecule has 1 N–H and O–H groups in total. The lowest BCUT2D eigenvalue weighted by Crippen LogP contribution is -2.13. The molecule has 0 atom stereocenters. The number of nitrogens with one attached hydrogen (secondary N) is 1. The number of aryl methyl sites for hydroxylation is 1. The van der Waals surface area contributed by atoms with Crippen LogP contribution in [-0.4, -0.2) is 14.2 Å². The maximum atomic E-state index is 12.8. The molecule has 136 valence electrons. The second-order valence-corrected chi connectivity index (χ2v) is 8.04. The van der Waals surface area contributed by atoms with E-state index in [1.807, 2.05) is 24.3 Å². The van der Waals surface area contributed by atoms with Crippen LogP contribution in [0.4, 0.5) is 5.69 Å². The molecule has 1 aromatic heterocycles. The van der Waals surface area contributed by atoms with Gasteiger partial charge in [0.2, 0.25) is 0 Å². The number of rotatable bonds is 4. The van der Waals surface area contributed by atoms with Gasteiger partial charge in [0.25, 0.3) is 10.0 Å². The fourth-order valence-electron chi connectivity index (χ4n) is 3.36. The molecule has 6 heteroatoms. The van der Waals surface area contributed by atoms with E-state index in [4.69, 9.17) is 4.42 Å². The van der Waals surface area contributed by atoms with Crippen molar-refractivity contribution in [1.29, 1.82) is 0 Å². The van der Waals surface area contributed by atoms with Crippen molar-refractivity contribution in [3.8, 4) is 0 Å². The highest BCUT2D eigenvalue weighted by Gasteiger charge is 2.21. The molecule has 0 spiro atoms. The maximum absolute atomic E-state index is 12.8. The Morgan fingerprint density at radius 1 is 0.926 bits per heavy atom. The van der Waals surface area contributed by atoms with Crippen molar-refractivity contribution >= 4 is 43.2 Å². The van der Waals surface area contributed by atoms with E-state index in [0.717, 1.165) is 5.39 Å². The Morgan fingerprint density at radius 3 is 2.22 bits per heavy atom. The molecule has 0 saturated carbocycles. The van der Waals surface area contributed by atoms with Gasteiger partial charge in [0.05, 0.1) is 16.1 Å². The summed E-state index contributed by atoms with van der Waals surface area (Å²) in [5.41, 5.74) is 1.46. The van der Waals surface area contributed by atoms with E-state index in [9.17, 15) is 13.2 Å². The van der Waals surface area contributed by atoms with Crippen LogP contribution in [0.15, 0.2) is 70.0 Å². The van der Waals surface area contributed by atoms with Crippen LogP contribution in [0.2, 0.25) is 0 Å². The lowest BCUT2D eigenvalue weighted by Gasteiger charge is -2.11. The van der Waals surface area contributed by atoms with Gasteiger partial charge in [0, 0.05) is 16.2 Å². The highest BCUT2D eigenvalue weighted by Crippen LogP contribution is 2.37. The van der Waals surface area contributed by atoms with Crippen LogP contribution in [-0.2, 0) is 10.0 Å². The molecule has 0 bridgehead atoms. The monoisotopic (exact) mass is 379 g/mol. The molecule has 0 radical (unpaired) electrons. The van der Waals surface area contributed by atoms with E-state index in [2.05, 4.69) is 4.72 Å². The van der Waals surface area contributed by atoms with Gasteiger partial charge >= 0.3 is 0 Å². The summed E-state index contributed by atoms with van der Waals surface area (Å²) >= 11 is 0. The van der Waals surface area contributed by atoms with Gasteiger partial charge in [-0.1, -0.05) is 42.5 Å². The van der Waals surface area contributed by atoms with Crippen LogP contribution in [0.25, 0.3) is 21.7 Å². The minimum atomic E-state index is -3.77. The minimum absolute atomic E-state index is 0.126. The second kappa shape index (κ2) is 6.25. The summed E-state index contributed by atoms with van der Waals surface area (Å²) in [5.74, 6) is 0.393. The molecule has 0 fully saturated rings. The van der Waals surface area contributed by atoms with Gasteiger partial charge in [0.1, 0.15) is 11.3 Å². The molecule has 4 rings (SSSR count). The van der Waals surface area contributed by atoms with Crippen molar-refractivity contribution in [2.45, 2.75) is 18.7 Å². The molecule has 0 aliphatic rings. The zero-order valence-electron chi connectivity index (χ0n) is 14.8. The van der Waals surface area contributed by atoms with E-state index in [1.54, 1.807) is 31.2 Å². The first-order valence-corrected chi connectivity index (χ1v) is 9.90. The molecule has 0 saturated heterocycles. The second-order valence-electron chi connectivity index (χ2n) is 6.35. The van der Waals surface area contributed by atoms with Crippen LogP contribution < -0.4 is 4.72 Å². The molecule has 1 heterocycles. The fraction of sp³-hybridized carbons (Fsp3) is 0.0952. The molecule has 5 nitrogen and oxygen atoms in total. The number of Topliss-reactive ketones (excluding diaryl/α,β-unsaturated/α-hetero) is 1. The first kappa shape index (κ1) is 17.3. The van der Waals surface area contributed by atoms with Gasteiger partial charge in [-0.25, -0.2) is 8.42 Å². The van der Waals surface area contributed by atoms with E-state index in [1.165, 1.54) is 19.1 Å². The normalized spacial score (nSPS) is 11.8. The van der Waals surface area contributed by atoms with Crippen LogP contribution in [0.3, 0.4) is 0 Å². The standard InChI is InChI=1S/C21H17NO4S/c1-13(23)20-14(2)26-21-17-11-7-6-10-16(17)19(12-18(20)21)22-27(24,25)15-8-4-3-5-9-15/h3-12,22H,1-2H3. The summed E-state index contributed by atoms with van der Waals surface area (Å²) in [7, 11) is -3.77. The van der Waals surface area contributed by atoms with Gasteiger partial charge in [-0.3, -0.25) is 9.52 Å². The molecular weight excluding hydrogens is 362 g/mol. The van der Waals surface area contributed by atoms with Crippen molar-refractivity contribution in [3.63, 3.8) is 0 Å². The molecule has 3 aromatic carbocycles. The molecule has 0 aliphatic heterocycles. The number of fused-ring (bicyclic) bond motifs is 3. The quantitative estimate of drug-likeness (QED) is 0.512. The summed E-state index contributed by atoms with van der Waals surface area (Å²) in [5, 5.41) is 2.05. The average molecular weight is 379 g/mol. The van der Waals surface area contributed by atoms with Crippen molar-refractivity contribution in [2.24, 2.45) is 0 Å². The highest BCUT2D eigenvalue weighted by molar-refractivity contribution is 7.92. The smallest absolute Gasteiger partial charge is 0.261 e. The van der Waals surface area contributed by atoms with E-state index in [0.29, 0.717) is 33.4 Å². The van der Waals surface area contributed by atoms with Crippen LogP contribution in [0.5, 0.6) is 0 Å². The number of carbonyl (C=O) groups excluding carboxylic acids is 1. The van der Waals surface area contributed by atoms with E-state index < -0.39 is 10.0 Å². The molecule has 0 unspecified atom stereocenters. The van der Waals surface area contributed by atoms with Crippen molar-refractivity contribution in [2.75, 3.05) is 4.72 Å². The predicted molar refractivity (Wildman–Crippen MR) is 106 cm³/mol. The third-order valence-corrected chi connectivity index (χ3v) is 5.90. The Hall–Kier alpha value is -3.12. The topological polar surface area (TPSA) is 76.4 Å². The number of anilines is 1. The number of sulfonamides is 1. The summed E-state index contributed by atoms with van der Waals surface area (Å²) in [6.07, 6.45) is 0. The number of ketones is 1.